The molecule has 2 N–H and O–H groups in total. The molecule has 2 aliphatic heterocycles. The largest absolute Gasteiger partial charge is 0.334 e. The molecule has 0 unspecified atom stereocenters. The zero-order chi connectivity index (χ0) is 32.2. The maximum Gasteiger partial charge on any atom is 0.334 e. The van der Waals surface area contributed by atoms with Crippen LogP contribution in [0.4, 0.5) is 10.5 Å². The zero-order valence-corrected chi connectivity index (χ0v) is 26.4. The average molecular weight is 658 g/mol. The number of fused-ring (bicyclic) bond motifs is 2. The summed E-state index contributed by atoms with van der Waals surface area (Å²) < 4.78 is 1.01. The summed E-state index contributed by atoms with van der Waals surface area (Å²) in [6.07, 6.45) is 1.54. The number of carbonyl (C=O) groups is 4. The van der Waals surface area contributed by atoms with E-state index in [1.807, 2.05) is 48.5 Å². The molecule has 11 nitrogen and oxygen atoms in total. The first-order valence-electron chi connectivity index (χ1n) is 14.7. The van der Waals surface area contributed by atoms with Crippen LogP contribution in [0.25, 0.3) is 10.2 Å². The van der Waals surface area contributed by atoms with E-state index in [1.165, 1.54) is 16.2 Å². The molecule has 0 bridgehead atoms. The molecule has 46 heavy (non-hydrogen) atoms. The molecular formula is C33H32ClN7O4S. The predicted molar refractivity (Wildman–Crippen MR) is 177 cm³/mol. The van der Waals surface area contributed by atoms with Gasteiger partial charge in [0.1, 0.15) is 12.2 Å². The molecule has 6 rings (SSSR count). The Bertz CT molecular complexity index is 1780. The fourth-order valence-electron chi connectivity index (χ4n) is 6.07. The van der Waals surface area contributed by atoms with Crippen LogP contribution in [0.15, 0.2) is 84.9 Å². The van der Waals surface area contributed by atoms with Crippen molar-refractivity contribution in [3.63, 3.8) is 0 Å². The van der Waals surface area contributed by atoms with Crippen LogP contribution in [0.5, 0.6) is 0 Å². The Hall–Kier alpha value is -4.78. The molecular weight excluding hydrogens is 626 g/mol. The molecule has 4 aromatic rings. The number of nitrogens with one attached hydrogen (secondary N) is 2. The normalized spacial score (nSPS) is 18.4. The highest BCUT2D eigenvalue weighted by Crippen LogP contribution is 2.32. The van der Waals surface area contributed by atoms with Gasteiger partial charge in [0, 0.05) is 26.1 Å². The Labute approximate surface area is 275 Å². The number of amides is 5. The SMILES string of the molecule is C=CCN1CC(=O)N2[C@@H](Cc3ccc(NC=O)c(Cl)c3)C(=O)N(Cc3cccc4scnc34)C[C@@H]2N1C(=O)NCc1ccccc1. The van der Waals surface area contributed by atoms with Crippen molar-refractivity contribution in [2.75, 3.05) is 25.0 Å². The van der Waals surface area contributed by atoms with E-state index >= 15 is 0 Å². The first kappa shape index (κ1) is 31.2. The highest BCUT2D eigenvalue weighted by Gasteiger charge is 2.51. The van der Waals surface area contributed by atoms with Crippen molar-refractivity contribution < 1.29 is 19.2 Å². The van der Waals surface area contributed by atoms with E-state index in [0.29, 0.717) is 22.7 Å². The minimum atomic E-state index is -0.919. The fourth-order valence-corrected chi connectivity index (χ4v) is 7.05. The molecule has 0 spiro atoms. The number of hydrogen-bond donors (Lipinski definition) is 2. The van der Waals surface area contributed by atoms with Gasteiger partial charge in [-0.05, 0) is 34.9 Å². The Morgan fingerprint density at radius 1 is 1.09 bits per heavy atom. The van der Waals surface area contributed by atoms with Gasteiger partial charge in [-0.2, -0.15) is 0 Å². The van der Waals surface area contributed by atoms with Gasteiger partial charge in [-0.3, -0.25) is 14.4 Å². The quantitative estimate of drug-likeness (QED) is 0.195. The van der Waals surface area contributed by atoms with Gasteiger partial charge in [-0.1, -0.05) is 66.2 Å². The minimum absolute atomic E-state index is 0.0942. The molecule has 0 aliphatic carbocycles. The summed E-state index contributed by atoms with van der Waals surface area (Å²) in [6, 6.07) is 19.2. The van der Waals surface area contributed by atoms with E-state index < -0.39 is 18.2 Å². The molecule has 3 heterocycles. The Morgan fingerprint density at radius 3 is 2.67 bits per heavy atom. The molecule has 236 valence electrons. The first-order valence-corrected chi connectivity index (χ1v) is 16.0. The van der Waals surface area contributed by atoms with Crippen molar-refractivity contribution in [2.24, 2.45) is 0 Å². The number of benzene rings is 3. The summed E-state index contributed by atoms with van der Waals surface area (Å²) in [5.41, 5.74) is 5.52. The number of piperazine rings is 1. The van der Waals surface area contributed by atoms with Gasteiger partial charge < -0.3 is 20.4 Å². The van der Waals surface area contributed by atoms with Gasteiger partial charge in [-0.15, -0.1) is 17.9 Å². The van der Waals surface area contributed by atoms with Gasteiger partial charge in [0.2, 0.25) is 18.2 Å². The molecule has 5 amide bonds. The molecule has 2 aliphatic rings. The molecule has 0 radical (unpaired) electrons. The maximum absolute atomic E-state index is 14.3. The van der Waals surface area contributed by atoms with E-state index in [-0.39, 0.29) is 51.0 Å². The van der Waals surface area contributed by atoms with E-state index in [9.17, 15) is 19.2 Å². The lowest BCUT2D eigenvalue weighted by Gasteiger charge is -2.55. The molecule has 1 aromatic heterocycles. The Balaban J connectivity index is 1.37. The van der Waals surface area contributed by atoms with Crippen LogP contribution in [-0.4, -0.2) is 80.9 Å². The topological polar surface area (TPSA) is 118 Å². The van der Waals surface area contributed by atoms with Gasteiger partial charge in [0.25, 0.3) is 0 Å². The van der Waals surface area contributed by atoms with Crippen molar-refractivity contribution in [3.05, 3.63) is 107 Å². The van der Waals surface area contributed by atoms with Crippen LogP contribution in [0.1, 0.15) is 16.7 Å². The molecule has 2 saturated heterocycles. The molecule has 2 fully saturated rings. The summed E-state index contributed by atoms with van der Waals surface area (Å²) in [5, 5.41) is 9.07. The van der Waals surface area contributed by atoms with Crippen LogP contribution in [-0.2, 0) is 33.9 Å². The van der Waals surface area contributed by atoms with Crippen molar-refractivity contribution in [3.8, 4) is 0 Å². The third kappa shape index (κ3) is 6.32. The number of aromatic nitrogens is 1. The summed E-state index contributed by atoms with van der Waals surface area (Å²) in [6.45, 7) is 4.62. The van der Waals surface area contributed by atoms with Crippen molar-refractivity contribution in [1.82, 2.24) is 30.1 Å². The second kappa shape index (κ2) is 13.7. The number of para-hydroxylation sites is 1. The van der Waals surface area contributed by atoms with Gasteiger partial charge in [0.15, 0.2) is 0 Å². The summed E-state index contributed by atoms with van der Waals surface area (Å²) in [7, 11) is 0. The number of hydrogen-bond acceptors (Lipinski definition) is 7. The number of halogens is 1. The summed E-state index contributed by atoms with van der Waals surface area (Å²) >= 11 is 7.95. The van der Waals surface area contributed by atoms with Crippen LogP contribution < -0.4 is 10.6 Å². The smallest absolute Gasteiger partial charge is 0.333 e. The number of urea groups is 1. The maximum atomic E-state index is 14.3. The van der Waals surface area contributed by atoms with E-state index in [0.717, 1.165) is 21.3 Å². The number of nitrogens with zero attached hydrogens (tertiary/aromatic N) is 5. The summed E-state index contributed by atoms with van der Waals surface area (Å²) in [4.78, 5) is 60.9. The van der Waals surface area contributed by atoms with Crippen LogP contribution in [0.2, 0.25) is 5.02 Å². The molecule has 0 saturated carbocycles. The highest BCUT2D eigenvalue weighted by molar-refractivity contribution is 7.16. The number of thiazole rings is 1. The Kier molecular flexibility index (Phi) is 9.29. The number of anilines is 1. The van der Waals surface area contributed by atoms with Crippen LogP contribution >= 0.6 is 22.9 Å². The number of carbonyl (C=O) groups excluding carboxylic acids is 4. The lowest BCUT2D eigenvalue weighted by Crippen LogP contribution is -2.76. The van der Waals surface area contributed by atoms with Gasteiger partial charge in [0.05, 0.1) is 39.5 Å². The fraction of sp³-hybridized carbons (Fsp3) is 0.242. The van der Waals surface area contributed by atoms with E-state index in [1.54, 1.807) is 44.7 Å². The van der Waals surface area contributed by atoms with Crippen molar-refractivity contribution >= 4 is 63.1 Å². The highest BCUT2D eigenvalue weighted by atomic mass is 35.5. The van der Waals surface area contributed by atoms with Crippen molar-refractivity contribution in [2.45, 2.75) is 31.7 Å². The molecule has 13 heteroatoms. The van der Waals surface area contributed by atoms with Crippen molar-refractivity contribution in [1.29, 1.82) is 0 Å². The number of hydrazine groups is 1. The van der Waals surface area contributed by atoms with Crippen LogP contribution in [0, 0.1) is 0 Å². The predicted octanol–water partition coefficient (Wildman–Crippen LogP) is 4.25. The lowest BCUT2D eigenvalue weighted by molar-refractivity contribution is -0.189. The monoisotopic (exact) mass is 657 g/mol. The average Bonchev–Trinajstić information content (AvgIpc) is 3.54. The van der Waals surface area contributed by atoms with Gasteiger partial charge >= 0.3 is 6.03 Å². The lowest BCUT2D eigenvalue weighted by atomic mass is 9.98. The third-order valence-electron chi connectivity index (χ3n) is 8.15. The second-order valence-electron chi connectivity index (χ2n) is 11.0. The van der Waals surface area contributed by atoms with E-state index in [2.05, 4.69) is 22.2 Å². The van der Waals surface area contributed by atoms with E-state index in [4.69, 9.17) is 11.6 Å². The summed E-state index contributed by atoms with van der Waals surface area (Å²) in [5.74, 6) is -0.520. The molecule has 2 atom stereocenters. The molecule has 3 aromatic carbocycles. The number of rotatable bonds is 10. The minimum Gasteiger partial charge on any atom is -0.333 e. The Morgan fingerprint density at radius 2 is 1.91 bits per heavy atom. The zero-order valence-electron chi connectivity index (χ0n) is 24.8. The third-order valence-corrected chi connectivity index (χ3v) is 9.25. The second-order valence-corrected chi connectivity index (χ2v) is 12.3. The standard InChI is InChI=1S/C33H32ClN7O4S/c1-2-13-39-19-30(43)40-27(15-23-11-12-26(36-20-42)25(34)14-23)32(44)38(17-24-9-6-10-28-31(24)37-21-46-28)18-29(40)41(39)33(45)35-16-22-7-4-3-5-8-22/h2-12,14,20-21,27,29H,1,13,15-19H2,(H,35,45)(H,36,42)/t27-,29-/m0/s1. The first-order chi connectivity index (χ1) is 22.4. The van der Waals surface area contributed by atoms with Crippen LogP contribution in [0.3, 0.4) is 0 Å². The van der Waals surface area contributed by atoms with Gasteiger partial charge in [-0.25, -0.2) is 19.8 Å².